The largest absolute Gasteiger partial charge is 0.352 e. The Morgan fingerprint density at radius 3 is 2.50 bits per heavy atom. The van der Waals surface area contributed by atoms with Crippen molar-refractivity contribution in [3.05, 3.63) is 23.0 Å². The van der Waals surface area contributed by atoms with Crippen molar-refractivity contribution in [3.63, 3.8) is 0 Å². The first-order valence-electron chi connectivity index (χ1n) is 6.34. The molecule has 2 rings (SSSR count). The highest BCUT2D eigenvalue weighted by Crippen LogP contribution is 2.39. The first kappa shape index (κ1) is 11.7. The molecule has 1 saturated carbocycles. The van der Waals surface area contributed by atoms with Gasteiger partial charge in [0, 0.05) is 31.5 Å². The Hall–Kier alpha value is -0.760. The average Bonchev–Trinajstić information content (AvgIpc) is 2.44. The fraction of sp³-hybridized carbons (Fsp3) is 0.714. The van der Waals surface area contributed by atoms with Gasteiger partial charge in [-0.1, -0.05) is 13.3 Å². The maximum atomic E-state index is 3.61. The van der Waals surface area contributed by atoms with E-state index in [9.17, 15) is 0 Å². The number of rotatable bonds is 4. The van der Waals surface area contributed by atoms with Gasteiger partial charge in [-0.2, -0.15) is 0 Å². The molecule has 0 spiro atoms. The number of hydrogen-bond donors (Lipinski definition) is 1. The van der Waals surface area contributed by atoms with Gasteiger partial charge in [0.15, 0.2) is 0 Å². The first-order chi connectivity index (χ1) is 7.52. The third-order valence-corrected chi connectivity index (χ3v) is 4.31. The number of nitrogens with zero attached hydrogens (tertiary/aromatic N) is 1. The van der Waals surface area contributed by atoms with Crippen LogP contribution in [0.4, 0.5) is 0 Å². The van der Waals surface area contributed by atoms with Gasteiger partial charge in [-0.05, 0) is 43.7 Å². The van der Waals surface area contributed by atoms with E-state index in [0.717, 1.165) is 6.54 Å². The predicted octanol–water partition coefficient (Wildman–Crippen LogP) is 2.92. The summed E-state index contributed by atoms with van der Waals surface area (Å²) in [5, 5.41) is 3.61. The molecule has 1 aromatic rings. The molecule has 16 heavy (non-hydrogen) atoms. The minimum atomic E-state index is 0.581. The summed E-state index contributed by atoms with van der Waals surface area (Å²) in [6.07, 6.45) is 4.21. The fourth-order valence-corrected chi connectivity index (χ4v) is 2.57. The Morgan fingerprint density at radius 2 is 2.06 bits per heavy atom. The Labute approximate surface area is 99.0 Å². The SMILES string of the molecule is Cc1cc(CNCC2(C)CCC2)c(C)n1C. The minimum absolute atomic E-state index is 0.581. The lowest BCUT2D eigenvalue weighted by molar-refractivity contribution is 0.156. The van der Waals surface area contributed by atoms with Crippen molar-refractivity contribution in [3.8, 4) is 0 Å². The molecule has 1 aliphatic rings. The molecule has 0 unspecified atom stereocenters. The zero-order valence-corrected chi connectivity index (χ0v) is 11.1. The second kappa shape index (κ2) is 4.25. The van der Waals surface area contributed by atoms with Crippen LogP contribution in [-0.4, -0.2) is 11.1 Å². The van der Waals surface area contributed by atoms with Crippen molar-refractivity contribution < 1.29 is 0 Å². The summed E-state index contributed by atoms with van der Waals surface area (Å²) in [5.41, 5.74) is 4.77. The molecule has 1 aromatic heterocycles. The Morgan fingerprint density at radius 1 is 1.38 bits per heavy atom. The molecule has 1 heterocycles. The molecular weight excluding hydrogens is 196 g/mol. The van der Waals surface area contributed by atoms with Crippen LogP contribution in [-0.2, 0) is 13.6 Å². The number of hydrogen-bond acceptors (Lipinski definition) is 1. The van der Waals surface area contributed by atoms with E-state index >= 15 is 0 Å². The van der Waals surface area contributed by atoms with E-state index in [0.29, 0.717) is 5.41 Å². The molecule has 0 amide bonds. The standard InChI is InChI=1S/C14H24N2/c1-11-8-13(12(2)16(11)4)9-15-10-14(3)6-5-7-14/h8,15H,5-7,9-10H2,1-4H3. The maximum absolute atomic E-state index is 3.61. The minimum Gasteiger partial charge on any atom is -0.352 e. The van der Waals surface area contributed by atoms with Crippen molar-refractivity contribution in [1.82, 2.24) is 9.88 Å². The third kappa shape index (κ3) is 2.17. The van der Waals surface area contributed by atoms with Crippen LogP contribution >= 0.6 is 0 Å². The van der Waals surface area contributed by atoms with Gasteiger partial charge in [0.05, 0.1) is 0 Å². The molecule has 0 radical (unpaired) electrons. The van der Waals surface area contributed by atoms with Crippen molar-refractivity contribution in [2.45, 2.75) is 46.6 Å². The van der Waals surface area contributed by atoms with Gasteiger partial charge < -0.3 is 9.88 Å². The van der Waals surface area contributed by atoms with Crippen molar-refractivity contribution >= 4 is 0 Å². The smallest absolute Gasteiger partial charge is 0.0223 e. The van der Waals surface area contributed by atoms with E-state index in [1.807, 2.05) is 0 Å². The normalized spacial score (nSPS) is 18.5. The highest BCUT2D eigenvalue weighted by atomic mass is 15.0. The van der Waals surface area contributed by atoms with Gasteiger partial charge in [0.2, 0.25) is 0 Å². The Bertz CT molecular complexity index is 372. The molecule has 1 aliphatic carbocycles. The number of nitrogens with one attached hydrogen (secondary N) is 1. The molecule has 90 valence electrons. The summed E-state index contributed by atoms with van der Waals surface area (Å²) in [6.45, 7) is 8.95. The van der Waals surface area contributed by atoms with Crippen LogP contribution < -0.4 is 5.32 Å². The highest BCUT2D eigenvalue weighted by molar-refractivity contribution is 5.26. The molecule has 2 heteroatoms. The lowest BCUT2D eigenvalue weighted by atomic mass is 9.70. The lowest BCUT2D eigenvalue weighted by Crippen LogP contribution is -2.37. The Kier molecular flexibility index (Phi) is 3.11. The quantitative estimate of drug-likeness (QED) is 0.825. The van der Waals surface area contributed by atoms with Crippen LogP contribution in [0.25, 0.3) is 0 Å². The van der Waals surface area contributed by atoms with Gasteiger partial charge in [0.1, 0.15) is 0 Å². The summed E-state index contributed by atoms with van der Waals surface area (Å²) in [5.74, 6) is 0. The van der Waals surface area contributed by atoms with Crippen LogP contribution in [0.15, 0.2) is 6.07 Å². The zero-order chi connectivity index (χ0) is 11.8. The van der Waals surface area contributed by atoms with E-state index in [4.69, 9.17) is 0 Å². The topological polar surface area (TPSA) is 17.0 Å². The summed E-state index contributed by atoms with van der Waals surface area (Å²) in [4.78, 5) is 0. The molecule has 2 nitrogen and oxygen atoms in total. The van der Waals surface area contributed by atoms with E-state index in [1.165, 1.54) is 42.8 Å². The first-order valence-corrected chi connectivity index (χ1v) is 6.34. The van der Waals surface area contributed by atoms with Crippen LogP contribution in [0.2, 0.25) is 0 Å². The van der Waals surface area contributed by atoms with Crippen molar-refractivity contribution in [2.24, 2.45) is 12.5 Å². The van der Waals surface area contributed by atoms with E-state index in [2.05, 4.69) is 43.8 Å². The van der Waals surface area contributed by atoms with Crippen molar-refractivity contribution in [2.75, 3.05) is 6.54 Å². The van der Waals surface area contributed by atoms with Crippen LogP contribution in [0.5, 0.6) is 0 Å². The van der Waals surface area contributed by atoms with Gasteiger partial charge in [-0.25, -0.2) is 0 Å². The van der Waals surface area contributed by atoms with E-state index in [-0.39, 0.29) is 0 Å². The average molecular weight is 220 g/mol. The second-order valence-corrected chi connectivity index (χ2v) is 5.72. The van der Waals surface area contributed by atoms with Gasteiger partial charge >= 0.3 is 0 Å². The molecule has 0 aromatic carbocycles. The summed E-state index contributed by atoms with van der Waals surface area (Å²) >= 11 is 0. The molecule has 0 saturated heterocycles. The fourth-order valence-electron chi connectivity index (χ4n) is 2.57. The molecule has 0 atom stereocenters. The molecule has 0 bridgehead atoms. The monoisotopic (exact) mass is 220 g/mol. The van der Waals surface area contributed by atoms with Crippen LogP contribution in [0, 0.1) is 19.3 Å². The molecule has 0 aliphatic heterocycles. The molecule has 1 fully saturated rings. The Balaban J connectivity index is 1.87. The van der Waals surface area contributed by atoms with Crippen LogP contribution in [0.1, 0.15) is 43.1 Å². The van der Waals surface area contributed by atoms with Gasteiger partial charge in [-0.3, -0.25) is 0 Å². The second-order valence-electron chi connectivity index (χ2n) is 5.72. The van der Waals surface area contributed by atoms with Gasteiger partial charge in [-0.15, -0.1) is 0 Å². The zero-order valence-electron chi connectivity index (χ0n) is 11.1. The third-order valence-electron chi connectivity index (χ3n) is 4.31. The van der Waals surface area contributed by atoms with Crippen molar-refractivity contribution in [1.29, 1.82) is 0 Å². The van der Waals surface area contributed by atoms with E-state index < -0.39 is 0 Å². The van der Waals surface area contributed by atoms with Crippen LogP contribution in [0.3, 0.4) is 0 Å². The van der Waals surface area contributed by atoms with E-state index in [1.54, 1.807) is 0 Å². The van der Waals surface area contributed by atoms with Gasteiger partial charge in [0.25, 0.3) is 0 Å². The predicted molar refractivity (Wildman–Crippen MR) is 68.6 cm³/mol. The summed E-state index contributed by atoms with van der Waals surface area (Å²) in [7, 11) is 2.14. The number of aryl methyl sites for hydroxylation is 1. The molecular formula is C14H24N2. The molecule has 1 N–H and O–H groups in total. The summed E-state index contributed by atoms with van der Waals surface area (Å²) < 4.78 is 2.27. The lowest BCUT2D eigenvalue weighted by Gasteiger charge is -2.38. The summed E-state index contributed by atoms with van der Waals surface area (Å²) in [6, 6.07) is 2.30. The number of aromatic nitrogens is 1. The maximum Gasteiger partial charge on any atom is 0.0223 e. The highest BCUT2D eigenvalue weighted by Gasteiger charge is 2.30.